The SMILES string of the molecule is CCCC(C)C(=O)NCC(c1cccc(F)c1)N(C)C. The van der Waals surface area contributed by atoms with Gasteiger partial charge in [0.2, 0.25) is 5.91 Å². The smallest absolute Gasteiger partial charge is 0.222 e. The van der Waals surface area contributed by atoms with Crippen molar-refractivity contribution < 1.29 is 9.18 Å². The fourth-order valence-electron chi connectivity index (χ4n) is 2.25. The number of halogens is 1. The van der Waals surface area contributed by atoms with Gasteiger partial charge in [-0.1, -0.05) is 32.4 Å². The summed E-state index contributed by atoms with van der Waals surface area (Å²) in [6.07, 6.45) is 1.88. The van der Waals surface area contributed by atoms with E-state index in [0.29, 0.717) is 6.54 Å². The van der Waals surface area contributed by atoms with Crippen LogP contribution < -0.4 is 5.32 Å². The van der Waals surface area contributed by atoms with Gasteiger partial charge >= 0.3 is 0 Å². The largest absolute Gasteiger partial charge is 0.354 e. The molecule has 0 bridgehead atoms. The highest BCUT2D eigenvalue weighted by atomic mass is 19.1. The molecule has 1 aromatic rings. The summed E-state index contributed by atoms with van der Waals surface area (Å²) in [7, 11) is 3.86. The van der Waals surface area contributed by atoms with Crippen LogP contribution in [0.15, 0.2) is 24.3 Å². The average Bonchev–Trinajstić information content (AvgIpc) is 2.38. The molecular weight excluding hydrogens is 255 g/mol. The fourth-order valence-corrected chi connectivity index (χ4v) is 2.25. The van der Waals surface area contributed by atoms with Crippen LogP contribution in [0.4, 0.5) is 4.39 Å². The normalized spacial score (nSPS) is 14.1. The Morgan fingerprint density at radius 2 is 2.10 bits per heavy atom. The third-order valence-corrected chi connectivity index (χ3v) is 3.50. The molecule has 3 nitrogen and oxygen atoms in total. The van der Waals surface area contributed by atoms with Gasteiger partial charge < -0.3 is 10.2 Å². The molecule has 0 spiro atoms. The Bertz CT molecular complexity index is 434. The Morgan fingerprint density at radius 3 is 2.65 bits per heavy atom. The molecular formula is C16H25FN2O. The van der Waals surface area contributed by atoms with Gasteiger partial charge in [0.15, 0.2) is 0 Å². The summed E-state index contributed by atoms with van der Waals surface area (Å²) in [4.78, 5) is 13.9. The molecule has 2 unspecified atom stereocenters. The molecule has 0 aliphatic rings. The molecule has 0 saturated carbocycles. The standard InChI is InChI=1S/C16H25FN2O/c1-5-7-12(2)16(20)18-11-15(19(3)4)13-8-6-9-14(17)10-13/h6,8-10,12,15H,5,7,11H2,1-4H3,(H,18,20). The minimum absolute atomic E-state index is 0.0234. The van der Waals surface area contributed by atoms with Gasteiger partial charge in [0.25, 0.3) is 0 Å². The molecule has 1 amide bonds. The lowest BCUT2D eigenvalue weighted by Gasteiger charge is -2.25. The number of nitrogens with one attached hydrogen (secondary N) is 1. The van der Waals surface area contributed by atoms with Crippen LogP contribution >= 0.6 is 0 Å². The van der Waals surface area contributed by atoms with Crippen molar-refractivity contribution >= 4 is 5.91 Å². The third kappa shape index (κ3) is 4.93. The quantitative estimate of drug-likeness (QED) is 0.833. The summed E-state index contributed by atoms with van der Waals surface area (Å²) in [5.41, 5.74) is 0.874. The van der Waals surface area contributed by atoms with E-state index in [0.717, 1.165) is 18.4 Å². The van der Waals surface area contributed by atoms with Crippen LogP contribution in [0, 0.1) is 11.7 Å². The second-order valence-electron chi connectivity index (χ2n) is 5.47. The lowest BCUT2D eigenvalue weighted by molar-refractivity contribution is -0.124. The molecule has 0 heterocycles. The number of hydrogen-bond donors (Lipinski definition) is 1. The Morgan fingerprint density at radius 1 is 1.40 bits per heavy atom. The molecule has 0 aliphatic carbocycles. The molecule has 1 N–H and O–H groups in total. The molecule has 0 radical (unpaired) electrons. The van der Waals surface area contributed by atoms with Gasteiger partial charge in [-0.05, 0) is 38.2 Å². The number of nitrogens with zero attached hydrogens (tertiary/aromatic N) is 1. The lowest BCUT2D eigenvalue weighted by atomic mass is 10.0. The van der Waals surface area contributed by atoms with Crippen LogP contribution in [0.1, 0.15) is 38.3 Å². The molecule has 112 valence electrons. The van der Waals surface area contributed by atoms with Crippen molar-refractivity contribution in [1.29, 1.82) is 0 Å². The summed E-state index contributed by atoms with van der Waals surface area (Å²) in [6.45, 7) is 4.49. The van der Waals surface area contributed by atoms with Crippen molar-refractivity contribution in [2.75, 3.05) is 20.6 Å². The minimum atomic E-state index is -0.250. The average molecular weight is 280 g/mol. The molecule has 2 atom stereocenters. The molecule has 0 saturated heterocycles. The van der Waals surface area contributed by atoms with Gasteiger partial charge in [-0.15, -0.1) is 0 Å². The van der Waals surface area contributed by atoms with Gasteiger partial charge in [-0.2, -0.15) is 0 Å². The van der Waals surface area contributed by atoms with E-state index in [1.807, 2.05) is 32.0 Å². The predicted molar refractivity (Wildman–Crippen MR) is 79.9 cm³/mol. The Hall–Kier alpha value is -1.42. The van der Waals surface area contributed by atoms with E-state index < -0.39 is 0 Å². The van der Waals surface area contributed by atoms with Gasteiger partial charge in [0.05, 0.1) is 6.04 Å². The maximum atomic E-state index is 13.3. The van der Waals surface area contributed by atoms with Crippen LogP contribution in [-0.4, -0.2) is 31.4 Å². The highest BCUT2D eigenvalue weighted by Gasteiger charge is 2.18. The van der Waals surface area contributed by atoms with E-state index in [4.69, 9.17) is 0 Å². The summed E-state index contributed by atoms with van der Waals surface area (Å²) < 4.78 is 13.3. The predicted octanol–water partition coefficient (Wildman–Crippen LogP) is 2.98. The van der Waals surface area contributed by atoms with E-state index in [1.54, 1.807) is 6.07 Å². The molecule has 0 aromatic heterocycles. The van der Waals surface area contributed by atoms with Crippen LogP contribution in [0.5, 0.6) is 0 Å². The van der Waals surface area contributed by atoms with Crippen LogP contribution in [0.3, 0.4) is 0 Å². The van der Waals surface area contributed by atoms with E-state index in [-0.39, 0.29) is 23.7 Å². The van der Waals surface area contributed by atoms with Crippen LogP contribution in [0.2, 0.25) is 0 Å². The maximum absolute atomic E-state index is 13.3. The topological polar surface area (TPSA) is 32.3 Å². The molecule has 1 aromatic carbocycles. The van der Waals surface area contributed by atoms with Crippen molar-refractivity contribution in [2.45, 2.75) is 32.7 Å². The maximum Gasteiger partial charge on any atom is 0.222 e. The van der Waals surface area contributed by atoms with Crippen molar-refractivity contribution in [3.8, 4) is 0 Å². The minimum Gasteiger partial charge on any atom is -0.354 e. The van der Waals surface area contributed by atoms with Gasteiger partial charge in [0.1, 0.15) is 5.82 Å². The highest BCUT2D eigenvalue weighted by molar-refractivity contribution is 5.78. The second kappa shape index (κ2) is 8.00. The zero-order valence-corrected chi connectivity index (χ0v) is 12.8. The highest BCUT2D eigenvalue weighted by Crippen LogP contribution is 2.18. The second-order valence-corrected chi connectivity index (χ2v) is 5.47. The van der Waals surface area contributed by atoms with Crippen molar-refractivity contribution in [1.82, 2.24) is 10.2 Å². The number of rotatable bonds is 7. The van der Waals surface area contributed by atoms with E-state index in [1.165, 1.54) is 12.1 Å². The van der Waals surface area contributed by atoms with Gasteiger partial charge in [-0.3, -0.25) is 4.79 Å². The Labute approximate surface area is 121 Å². The molecule has 1 rings (SSSR count). The molecule has 20 heavy (non-hydrogen) atoms. The summed E-state index contributed by atoms with van der Waals surface area (Å²) in [6, 6.07) is 6.51. The van der Waals surface area contributed by atoms with Crippen molar-refractivity contribution in [3.05, 3.63) is 35.6 Å². The number of hydrogen-bond acceptors (Lipinski definition) is 2. The molecule has 4 heteroatoms. The van der Waals surface area contributed by atoms with Gasteiger partial charge in [0, 0.05) is 12.5 Å². The lowest BCUT2D eigenvalue weighted by Crippen LogP contribution is -2.37. The van der Waals surface area contributed by atoms with E-state index >= 15 is 0 Å². The molecule has 0 fully saturated rings. The summed E-state index contributed by atoms with van der Waals surface area (Å²) >= 11 is 0. The first-order valence-electron chi connectivity index (χ1n) is 7.15. The first-order chi connectivity index (χ1) is 9.45. The van der Waals surface area contributed by atoms with Gasteiger partial charge in [-0.25, -0.2) is 4.39 Å². The van der Waals surface area contributed by atoms with Crippen LogP contribution in [0.25, 0.3) is 0 Å². The zero-order valence-electron chi connectivity index (χ0n) is 12.8. The van der Waals surface area contributed by atoms with E-state index in [2.05, 4.69) is 12.2 Å². The third-order valence-electron chi connectivity index (χ3n) is 3.50. The number of amides is 1. The summed E-state index contributed by atoms with van der Waals surface area (Å²) in [5, 5.41) is 2.96. The number of carbonyl (C=O) groups is 1. The van der Waals surface area contributed by atoms with E-state index in [9.17, 15) is 9.18 Å². The first kappa shape index (κ1) is 16.6. The monoisotopic (exact) mass is 280 g/mol. The number of carbonyl (C=O) groups excluding carboxylic acids is 1. The number of benzene rings is 1. The molecule has 0 aliphatic heterocycles. The zero-order chi connectivity index (χ0) is 15.1. The fraction of sp³-hybridized carbons (Fsp3) is 0.562. The number of likely N-dealkylation sites (N-methyl/N-ethyl adjacent to an activating group) is 1. The summed E-state index contributed by atoms with van der Waals surface area (Å²) in [5.74, 6) is -0.162. The van der Waals surface area contributed by atoms with Crippen molar-refractivity contribution in [2.24, 2.45) is 5.92 Å². The Kier molecular flexibility index (Phi) is 6.65. The van der Waals surface area contributed by atoms with Crippen LogP contribution in [-0.2, 0) is 4.79 Å². The Balaban J connectivity index is 2.67. The first-order valence-corrected chi connectivity index (χ1v) is 7.15. The van der Waals surface area contributed by atoms with Crippen molar-refractivity contribution in [3.63, 3.8) is 0 Å².